The smallest absolute Gasteiger partial charge is 0.339 e. The quantitative estimate of drug-likeness (QED) is 0.453. The highest BCUT2D eigenvalue weighted by atomic mass is 32.2. The molecule has 0 amide bonds. The van der Waals surface area contributed by atoms with Crippen LogP contribution in [0.1, 0.15) is 40.0 Å². The maximum atomic E-state index is 13.0. The van der Waals surface area contributed by atoms with Crippen LogP contribution in [0.4, 0.5) is 0 Å². The summed E-state index contributed by atoms with van der Waals surface area (Å²) in [6, 6.07) is 10.5. The molecule has 31 heavy (non-hydrogen) atoms. The van der Waals surface area contributed by atoms with Crippen LogP contribution in [0.2, 0.25) is 0 Å². The van der Waals surface area contributed by atoms with Crippen LogP contribution in [0, 0.1) is 0 Å². The first kappa shape index (κ1) is 22.8. The number of carbonyl (C=O) groups excluding carboxylic acids is 2. The van der Waals surface area contributed by atoms with Crippen LogP contribution in [0.3, 0.4) is 0 Å². The molecule has 0 aromatic heterocycles. The number of benzene rings is 2. The van der Waals surface area contributed by atoms with Crippen molar-refractivity contribution in [1.82, 2.24) is 4.31 Å². The largest absolute Gasteiger partial charge is 0.497 e. The molecule has 8 nitrogen and oxygen atoms in total. The summed E-state index contributed by atoms with van der Waals surface area (Å²) in [5.74, 6) is -0.558. The summed E-state index contributed by atoms with van der Waals surface area (Å²) in [5, 5.41) is 0. The van der Waals surface area contributed by atoms with Gasteiger partial charge in [0.15, 0.2) is 6.61 Å². The Morgan fingerprint density at radius 1 is 0.935 bits per heavy atom. The Kier molecular flexibility index (Phi) is 7.29. The van der Waals surface area contributed by atoms with E-state index in [1.807, 2.05) is 0 Å². The molecule has 0 atom stereocenters. The fourth-order valence-electron chi connectivity index (χ4n) is 3.42. The zero-order valence-electron chi connectivity index (χ0n) is 17.5. The Balaban J connectivity index is 1.77. The van der Waals surface area contributed by atoms with Crippen molar-refractivity contribution in [3.63, 3.8) is 0 Å². The number of esters is 1. The van der Waals surface area contributed by atoms with E-state index in [4.69, 9.17) is 14.2 Å². The Labute approximate surface area is 181 Å². The van der Waals surface area contributed by atoms with Crippen molar-refractivity contribution in [2.24, 2.45) is 0 Å². The fourth-order valence-corrected chi connectivity index (χ4v) is 5.12. The van der Waals surface area contributed by atoms with Gasteiger partial charge < -0.3 is 14.2 Å². The minimum absolute atomic E-state index is 0.0948. The Hall–Kier alpha value is -2.91. The Morgan fingerprint density at radius 2 is 1.65 bits per heavy atom. The van der Waals surface area contributed by atoms with Crippen molar-refractivity contribution in [1.29, 1.82) is 0 Å². The summed E-state index contributed by atoms with van der Waals surface area (Å²) < 4.78 is 42.9. The third-order valence-electron chi connectivity index (χ3n) is 5.08. The van der Waals surface area contributed by atoms with E-state index in [2.05, 4.69) is 0 Å². The van der Waals surface area contributed by atoms with Crippen molar-refractivity contribution >= 4 is 21.8 Å². The van der Waals surface area contributed by atoms with E-state index in [0.29, 0.717) is 18.8 Å². The maximum absolute atomic E-state index is 13.0. The predicted octanol–water partition coefficient (Wildman–Crippen LogP) is 2.92. The molecular formula is C22H25NO7S. The van der Waals surface area contributed by atoms with Crippen molar-refractivity contribution < 1.29 is 32.2 Å². The van der Waals surface area contributed by atoms with E-state index < -0.39 is 28.4 Å². The third-order valence-corrected chi connectivity index (χ3v) is 7.04. The number of Topliss-reactive ketones (excluding diaryl/α,β-unsaturated/α-hetero) is 1. The number of carbonyl (C=O) groups is 2. The van der Waals surface area contributed by atoms with Crippen LogP contribution in [0.15, 0.2) is 47.4 Å². The van der Waals surface area contributed by atoms with Gasteiger partial charge in [-0.3, -0.25) is 4.79 Å². The third kappa shape index (κ3) is 5.05. The number of nitrogens with zero attached hydrogens (tertiary/aromatic N) is 1. The first-order valence-electron chi connectivity index (χ1n) is 9.90. The number of hydrogen-bond donors (Lipinski definition) is 0. The summed E-state index contributed by atoms with van der Waals surface area (Å²) in [4.78, 5) is 25.1. The lowest BCUT2D eigenvalue weighted by Crippen LogP contribution is -2.36. The molecule has 2 aromatic rings. The van der Waals surface area contributed by atoms with E-state index in [1.165, 1.54) is 36.7 Å². The molecular weight excluding hydrogens is 422 g/mol. The van der Waals surface area contributed by atoms with Crippen LogP contribution in [-0.4, -0.2) is 58.4 Å². The monoisotopic (exact) mass is 447 g/mol. The molecule has 0 radical (unpaired) electrons. The average molecular weight is 448 g/mol. The van der Waals surface area contributed by atoms with Gasteiger partial charge in [-0.05, 0) is 37.1 Å². The molecule has 0 bridgehead atoms. The Bertz CT molecular complexity index is 1060. The summed E-state index contributed by atoms with van der Waals surface area (Å²) in [5.41, 5.74) is 0.132. The molecule has 0 spiro atoms. The number of rotatable bonds is 8. The van der Waals surface area contributed by atoms with Crippen LogP contribution >= 0.6 is 0 Å². The highest BCUT2D eigenvalue weighted by Gasteiger charge is 2.30. The molecule has 3 rings (SSSR count). The van der Waals surface area contributed by atoms with Crippen molar-refractivity contribution in [2.45, 2.75) is 24.2 Å². The van der Waals surface area contributed by atoms with Gasteiger partial charge in [-0.15, -0.1) is 0 Å². The highest BCUT2D eigenvalue weighted by molar-refractivity contribution is 7.89. The molecule has 1 saturated heterocycles. The number of hydrogen-bond acceptors (Lipinski definition) is 7. The van der Waals surface area contributed by atoms with Gasteiger partial charge in [-0.2, -0.15) is 4.31 Å². The van der Waals surface area contributed by atoms with Crippen molar-refractivity contribution in [3.8, 4) is 11.5 Å². The van der Waals surface area contributed by atoms with Gasteiger partial charge in [0.05, 0.1) is 30.2 Å². The number of sulfonamides is 1. The molecule has 1 aliphatic heterocycles. The standard InChI is InChI=1S/C22H25NO7S/c1-28-16-10-11-17(20(14-16)29-2)19(24)15-30-22(25)18-8-4-5-9-21(18)31(26,27)23-12-6-3-7-13-23/h4-5,8-11,14H,3,6-7,12-13,15H2,1-2H3. The molecule has 2 aromatic carbocycles. The van der Waals surface area contributed by atoms with E-state index in [9.17, 15) is 18.0 Å². The SMILES string of the molecule is COc1ccc(C(=O)COC(=O)c2ccccc2S(=O)(=O)N2CCCCC2)c(OC)c1. The molecule has 166 valence electrons. The molecule has 1 fully saturated rings. The van der Waals surface area contributed by atoms with Crippen LogP contribution in [0.5, 0.6) is 11.5 Å². The zero-order valence-corrected chi connectivity index (χ0v) is 18.3. The summed E-state index contributed by atoms with van der Waals surface area (Å²) >= 11 is 0. The second-order valence-electron chi connectivity index (χ2n) is 7.03. The van der Waals surface area contributed by atoms with Crippen LogP contribution in [-0.2, 0) is 14.8 Å². The van der Waals surface area contributed by atoms with E-state index in [0.717, 1.165) is 19.3 Å². The van der Waals surface area contributed by atoms with Gasteiger partial charge >= 0.3 is 5.97 Å². The lowest BCUT2D eigenvalue weighted by molar-refractivity contribution is 0.0470. The maximum Gasteiger partial charge on any atom is 0.339 e. The summed E-state index contributed by atoms with van der Waals surface area (Å²) in [6.45, 7) is 0.280. The van der Waals surface area contributed by atoms with E-state index in [1.54, 1.807) is 24.3 Å². The highest BCUT2D eigenvalue weighted by Crippen LogP contribution is 2.26. The molecule has 0 saturated carbocycles. The number of piperidine rings is 1. The lowest BCUT2D eigenvalue weighted by Gasteiger charge is -2.26. The second-order valence-corrected chi connectivity index (χ2v) is 8.93. The van der Waals surface area contributed by atoms with Gasteiger partial charge in [0.1, 0.15) is 11.5 Å². The normalized spacial score (nSPS) is 14.6. The molecule has 0 unspecified atom stereocenters. The van der Waals surface area contributed by atoms with Crippen molar-refractivity contribution in [3.05, 3.63) is 53.6 Å². The van der Waals surface area contributed by atoms with Crippen LogP contribution in [0.25, 0.3) is 0 Å². The van der Waals surface area contributed by atoms with Crippen LogP contribution < -0.4 is 9.47 Å². The molecule has 1 heterocycles. The number of methoxy groups -OCH3 is 2. The van der Waals surface area contributed by atoms with Gasteiger partial charge in [0.25, 0.3) is 0 Å². The first-order valence-corrected chi connectivity index (χ1v) is 11.3. The molecule has 9 heteroatoms. The van der Waals surface area contributed by atoms with E-state index >= 15 is 0 Å². The predicted molar refractivity (Wildman–Crippen MR) is 113 cm³/mol. The average Bonchev–Trinajstić information content (AvgIpc) is 2.82. The summed E-state index contributed by atoms with van der Waals surface area (Å²) in [7, 11) is -0.924. The topological polar surface area (TPSA) is 99.2 Å². The lowest BCUT2D eigenvalue weighted by atomic mass is 10.1. The van der Waals surface area contributed by atoms with Gasteiger partial charge in [-0.25, -0.2) is 13.2 Å². The van der Waals surface area contributed by atoms with Crippen molar-refractivity contribution in [2.75, 3.05) is 33.9 Å². The Morgan fingerprint density at radius 3 is 2.32 bits per heavy atom. The zero-order chi connectivity index (χ0) is 22.4. The number of ketones is 1. The number of ether oxygens (including phenoxy) is 3. The molecule has 0 N–H and O–H groups in total. The van der Waals surface area contributed by atoms with Gasteiger partial charge in [0, 0.05) is 19.2 Å². The summed E-state index contributed by atoms with van der Waals surface area (Å²) in [6.07, 6.45) is 2.54. The van der Waals surface area contributed by atoms with Gasteiger partial charge in [0.2, 0.25) is 15.8 Å². The first-order chi connectivity index (χ1) is 14.9. The second kappa shape index (κ2) is 9.93. The molecule has 1 aliphatic rings. The minimum Gasteiger partial charge on any atom is -0.497 e. The fraction of sp³-hybridized carbons (Fsp3) is 0.364. The van der Waals surface area contributed by atoms with E-state index in [-0.39, 0.29) is 21.8 Å². The molecule has 0 aliphatic carbocycles. The van der Waals surface area contributed by atoms with Gasteiger partial charge in [-0.1, -0.05) is 18.6 Å². The minimum atomic E-state index is -3.83.